The van der Waals surface area contributed by atoms with Crippen LogP contribution in [-0.2, 0) is 0 Å². The Morgan fingerprint density at radius 1 is 1.36 bits per heavy atom. The second-order valence-electron chi connectivity index (χ2n) is 3.76. The first kappa shape index (κ1) is 9.01. The Morgan fingerprint density at radius 2 is 2.07 bits per heavy atom. The molecule has 0 spiro atoms. The summed E-state index contributed by atoms with van der Waals surface area (Å²) in [5, 5.41) is 8.70. The van der Waals surface area contributed by atoms with Crippen LogP contribution in [0.1, 0.15) is 42.9 Å². The van der Waals surface area contributed by atoms with Crippen LogP contribution in [0, 0.1) is 11.3 Å². The second kappa shape index (κ2) is 3.67. The Hall–Kier alpha value is -1.56. The molecule has 2 rings (SSSR count). The summed E-state index contributed by atoms with van der Waals surface area (Å²) in [6, 6.07) is 5.73. The SMILES string of the molecule is N#Cc1ccc(C2CCCC2)nc1N. The fraction of sp³-hybridized carbons (Fsp3) is 0.455. The van der Waals surface area contributed by atoms with E-state index in [2.05, 4.69) is 4.98 Å². The third kappa shape index (κ3) is 1.56. The Balaban J connectivity index is 2.28. The highest BCUT2D eigenvalue weighted by molar-refractivity contribution is 5.48. The average molecular weight is 187 g/mol. The largest absolute Gasteiger partial charge is 0.383 e. The highest BCUT2D eigenvalue weighted by Gasteiger charge is 2.18. The molecule has 1 heterocycles. The third-order valence-corrected chi connectivity index (χ3v) is 2.84. The van der Waals surface area contributed by atoms with Crippen molar-refractivity contribution in [3.8, 4) is 6.07 Å². The molecule has 1 saturated carbocycles. The van der Waals surface area contributed by atoms with Gasteiger partial charge in [0.15, 0.2) is 0 Å². The van der Waals surface area contributed by atoms with Crippen molar-refractivity contribution in [3.05, 3.63) is 23.4 Å². The first-order chi connectivity index (χ1) is 6.81. The van der Waals surface area contributed by atoms with Gasteiger partial charge < -0.3 is 5.73 Å². The Kier molecular flexibility index (Phi) is 2.36. The molecule has 0 unspecified atom stereocenters. The molecular weight excluding hydrogens is 174 g/mol. The van der Waals surface area contributed by atoms with Gasteiger partial charge in [0.1, 0.15) is 11.9 Å². The summed E-state index contributed by atoms with van der Waals surface area (Å²) in [7, 11) is 0. The van der Waals surface area contributed by atoms with Crippen LogP contribution in [0.3, 0.4) is 0 Å². The lowest BCUT2D eigenvalue weighted by atomic mass is 10.0. The lowest BCUT2D eigenvalue weighted by Gasteiger charge is -2.08. The van der Waals surface area contributed by atoms with Crippen molar-refractivity contribution in [2.45, 2.75) is 31.6 Å². The number of rotatable bonds is 1. The van der Waals surface area contributed by atoms with Crippen LogP contribution in [0.5, 0.6) is 0 Å². The maximum Gasteiger partial charge on any atom is 0.141 e. The summed E-state index contributed by atoms with van der Waals surface area (Å²) >= 11 is 0. The minimum Gasteiger partial charge on any atom is -0.383 e. The molecule has 0 aromatic carbocycles. The lowest BCUT2D eigenvalue weighted by Crippen LogP contribution is -2.01. The minimum absolute atomic E-state index is 0.372. The number of anilines is 1. The van der Waals surface area contributed by atoms with Crippen LogP contribution in [0.2, 0.25) is 0 Å². The van der Waals surface area contributed by atoms with Crippen LogP contribution in [0.15, 0.2) is 12.1 Å². The standard InChI is InChI=1S/C11H13N3/c12-7-9-5-6-10(14-11(9)13)8-3-1-2-4-8/h5-6,8H,1-4H2,(H2,13,14). The van der Waals surface area contributed by atoms with E-state index in [1.165, 1.54) is 25.7 Å². The number of nitrogens with two attached hydrogens (primary N) is 1. The van der Waals surface area contributed by atoms with Gasteiger partial charge in [-0.1, -0.05) is 12.8 Å². The zero-order valence-electron chi connectivity index (χ0n) is 8.03. The van der Waals surface area contributed by atoms with Crippen molar-refractivity contribution in [1.29, 1.82) is 5.26 Å². The molecule has 1 aromatic rings. The molecule has 3 heteroatoms. The number of pyridine rings is 1. The molecule has 0 amide bonds. The number of hydrogen-bond donors (Lipinski definition) is 1. The van der Waals surface area contributed by atoms with E-state index >= 15 is 0 Å². The molecule has 0 saturated heterocycles. The van der Waals surface area contributed by atoms with E-state index in [1.54, 1.807) is 6.07 Å². The van der Waals surface area contributed by atoms with Gasteiger partial charge in [0, 0.05) is 11.6 Å². The van der Waals surface area contributed by atoms with Gasteiger partial charge in [-0.3, -0.25) is 0 Å². The van der Waals surface area contributed by atoms with Crippen molar-refractivity contribution < 1.29 is 0 Å². The highest BCUT2D eigenvalue weighted by atomic mass is 14.8. The Morgan fingerprint density at radius 3 is 2.64 bits per heavy atom. The summed E-state index contributed by atoms with van der Waals surface area (Å²) in [6.07, 6.45) is 4.98. The number of nitrogen functional groups attached to an aromatic ring is 1. The van der Waals surface area contributed by atoms with Gasteiger partial charge in [-0.05, 0) is 25.0 Å². The van der Waals surface area contributed by atoms with E-state index in [9.17, 15) is 0 Å². The van der Waals surface area contributed by atoms with E-state index in [0.717, 1.165) is 5.69 Å². The van der Waals surface area contributed by atoms with Crippen molar-refractivity contribution in [3.63, 3.8) is 0 Å². The average Bonchev–Trinajstić information content (AvgIpc) is 2.70. The summed E-state index contributed by atoms with van der Waals surface area (Å²) in [5.41, 5.74) is 7.20. The molecule has 1 fully saturated rings. The van der Waals surface area contributed by atoms with Gasteiger partial charge in [-0.2, -0.15) is 5.26 Å². The summed E-state index contributed by atoms with van der Waals surface area (Å²) in [4.78, 5) is 4.28. The number of nitriles is 1. The molecule has 3 nitrogen and oxygen atoms in total. The summed E-state index contributed by atoms with van der Waals surface area (Å²) in [6.45, 7) is 0. The van der Waals surface area contributed by atoms with Crippen LogP contribution < -0.4 is 5.73 Å². The zero-order chi connectivity index (χ0) is 9.97. The number of hydrogen-bond acceptors (Lipinski definition) is 3. The molecule has 0 radical (unpaired) electrons. The van der Waals surface area contributed by atoms with E-state index in [4.69, 9.17) is 11.0 Å². The van der Waals surface area contributed by atoms with Crippen molar-refractivity contribution >= 4 is 5.82 Å². The van der Waals surface area contributed by atoms with Gasteiger partial charge in [0.05, 0.1) is 5.56 Å². The second-order valence-corrected chi connectivity index (χ2v) is 3.76. The normalized spacial score (nSPS) is 16.8. The maximum absolute atomic E-state index is 8.70. The van der Waals surface area contributed by atoms with Gasteiger partial charge in [0.25, 0.3) is 0 Å². The summed E-state index contributed by atoms with van der Waals surface area (Å²) < 4.78 is 0. The van der Waals surface area contributed by atoms with Crippen LogP contribution in [0.4, 0.5) is 5.82 Å². The van der Waals surface area contributed by atoms with E-state index in [1.807, 2.05) is 12.1 Å². The van der Waals surface area contributed by atoms with Crippen molar-refractivity contribution in [2.75, 3.05) is 5.73 Å². The van der Waals surface area contributed by atoms with Crippen molar-refractivity contribution in [2.24, 2.45) is 0 Å². The van der Waals surface area contributed by atoms with E-state index in [0.29, 0.717) is 17.3 Å². The Labute approximate surface area is 83.6 Å². The molecular formula is C11H13N3. The van der Waals surface area contributed by atoms with Gasteiger partial charge in [-0.15, -0.1) is 0 Å². The van der Waals surface area contributed by atoms with Gasteiger partial charge >= 0.3 is 0 Å². The van der Waals surface area contributed by atoms with Gasteiger partial charge in [-0.25, -0.2) is 4.98 Å². The predicted molar refractivity (Wildman–Crippen MR) is 54.6 cm³/mol. The monoisotopic (exact) mass is 187 g/mol. The molecule has 0 aliphatic heterocycles. The molecule has 1 aliphatic rings. The van der Waals surface area contributed by atoms with Crippen LogP contribution in [0.25, 0.3) is 0 Å². The lowest BCUT2D eigenvalue weighted by molar-refractivity contribution is 0.698. The fourth-order valence-corrected chi connectivity index (χ4v) is 2.03. The number of aromatic nitrogens is 1. The highest BCUT2D eigenvalue weighted by Crippen LogP contribution is 2.33. The molecule has 1 aliphatic carbocycles. The van der Waals surface area contributed by atoms with Gasteiger partial charge in [0.2, 0.25) is 0 Å². The smallest absolute Gasteiger partial charge is 0.141 e. The molecule has 1 aromatic heterocycles. The molecule has 14 heavy (non-hydrogen) atoms. The first-order valence-corrected chi connectivity index (χ1v) is 4.98. The van der Waals surface area contributed by atoms with E-state index in [-0.39, 0.29) is 0 Å². The quantitative estimate of drug-likeness (QED) is 0.733. The third-order valence-electron chi connectivity index (χ3n) is 2.84. The fourth-order valence-electron chi connectivity index (χ4n) is 2.03. The molecule has 72 valence electrons. The molecule has 2 N–H and O–H groups in total. The van der Waals surface area contributed by atoms with E-state index < -0.39 is 0 Å². The van der Waals surface area contributed by atoms with Crippen LogP contribution >= 0.6 is 0 Å². The maximum atomic E-state index is 8.70. The van der Waals surface area contributed by atoms with Crippen molar-refractivity contribution in [1.82, 2.24) is 4.98 Å². The first-order valence-electron chi connectivity index (χ1n) is 4.98. The predicted octanol–water partition coefficient (Wildman–Crippen LogP) is 2.19. The molecule has 0 atom stereocenters. The topological polar surface area (TPSA) is 62.7 Å². The Bertz CT molecular complexity index is 373. The molecule has 0 bridgehead atoms. The number of nitrogens with zero attached hydrogens (tertiary/aromatic N) is 2. The van der Waals surface area contributed by atoms with Crippen LogP contribution in [-0.4, -0.2) is 4.98 Å². The zero-order valence-corrected chi connectivity index (χ0v) is 8.03. The summed E-state index contributed by atoms with van der Waals surface area (Å²) in [5.74, 6) is 0.932. The minimum atomic E-state index is 0.372.